The molecular weight excluding hydrogens is 268 g/mol. The van der Waals surface area contributed by atoms with E-state index in [0.29, 0.717) is 35.9 Å². The maximum atomic E-state index is 5.48. The van der Waals surface area contributed by atoms with E-state index in [1.54, 1.807) is 12.4 Å². The standard InChI is InChI=1S/C14H14N6O/c15-5-7-21-11-3-4-12-13(8-11)18-14(20-19-12)17-10-2-1-6-16-9-10/h1-4,6,8-9H,5,7,15H2,(H,17,18,20). The van der Waals surface area contributed by atoms with Crippen LogP contribution in [-0.4, -0.2) is 33.3 Å². The number of ether oxygens (including phenoxy) is 1. The van der Waals surface area contributed by atoms with E-state index in [2.05, 4.69) is 25.5 Å². The van der Waals surface area contributed by atoms with Crippen LogP contribution in [0.3, 0.4) is 0 Å². The zero-order valence-electron chi connectivity index (χ0n) is 11.2. The first-order valence-corrected chi connectivity index (χ1v) is 6.49. The number of pyridine rings is 1. The van der Waals surface area contributed by atoms with Gasteiger partial charge in [-0.2, -0.15) is 0 Å². The lowest BCUT2D eigenvalue weighted by Crippen LogP contribution is -2.10. The Morgan fingerprint density at radius 2 is 2.10 bits per heavy atom. The molecule has 3 N–H and O–H groups in total. The molecule has 106 valence electrons. The number of benzene rings is 1. The van der Waals surface area contributed by atoms with E-state index < -0.39 is 0 Å². The smallest absolute Gasteiger partial charge is 0.247 e. The van der Waals surface area contributed by atoms with E-state index in [0.717, 1.165) is 5.69 Å². The van der Waals surface area contributed by atoms with E-state index in [1.165, 1.54) is 0 Å². The first kappa shape index (κ1) is 13.2. The molecule has 3 rings (SSSR count). The normalized spacial score (nSPS) is 10.5. The Morgan fingerprint density at radius 1 is 1.14 bits per heavy atom. The summed E-state index contributed by atoms with van der Waals surface area (Å²) >= 11 is 0. The van der Waals surface area contributed by atoms with Gasteiger partial charge in [0.25, 0.3) is 0 Å². The molecule has 0 aliphatic rings. The summed E-state index contributed by atoms with van der Waals surface area (Å²) in [5.41, 5.74) is 7.62. The molecule has 0 saturated heterocycles. The molecule has 0 amide bonds. The van der Waals surface area contributed by atoms with Crippen molar-refractivity contribution in [3.05, 3.63) is 42.7 Å². The molecule has 21 heavy (non-hydrogen) atoms. The number of nitrogens with zero attached hydrogens (tertiary/aromatic N) is 4. The fourth-order valence-electron chi connectivity index (χ4n) is 1.80. The minimum Gasteiger partial charge on any atom is -0.492 e. The van der Waals surface area contributed by atoms with Gasteiger partial charge in [-0.05, 0) is 24.3 Å². The third-order valence-electron chi connectivity index (χ3n) is 2.73. The van der Waals surface area contributed by atoms with Crippen LogP contribution in [0.1, 0.15) is 0 Å². The van der Waals surface area contributed by atoms with Crippen LogP contribution in [0.15, 0.2) is 42.7 Å². The van der Waals surface area contributed by atoms with Gasteiger partial charge >= 0.3 is 0 Å². The average molecular weight is 282 g/mol. The molecule has 0 unspecified atom stereocenters. The third-order valence-corrected chi connectivity index (χ3v) is 2.73. The molecule has 0 saturated carbocycles. The predicted molar refractivity (Wildman–Crippen MR) is 79.4 cm³/mol. The van der Waals surface area contributed by atoms with Gasteiger partial charge in [0.05, 0.1) is 17.4 Å². The fraction of sp³-hybridized carbons (Fsp3) is 0.143. The summed E-state index contributed by atoms with van der Waals surface area (Å²) in [6.45, 7) is 0.929. The molecule has 0 atom stereocenters. The Labute approximate surface area is 121 Å². The molecule has 2 aromatic heterocycles. The van der Waals surface area contributed by atoms with Crippen molar-refractivity contribution in [1.29, 1.82) is 0 Å². The first-order chi connectivity index (χ1) is 10.3. The Bertz CT molecular complexity index is 734. The van der Waals surface area contributed by atoms with Crippen molar-refractivity contribution in [1.82, 2.24) is 20.2 Å². The van der Waals surface area contributed by atoms with Crippen molar-refractivity contribution in [2.75, 3.05) is 18.5 Å². The number of anilines is 2. The topological polar surface area (TPSA) is 98.8 Å². The van der Waals surface area contributed by atoms with E-state index in [9.17, 15) is 0 Å². The number of rotatable bonds is 5. The van der Waals surface area contributed by atoms with E-state index >= 15 is 0 Å². The van der Waals surface area contributed by atoms with Crippen molar-refractivity contribution in [3.63, 3.8) is 0 Å². The molecule has 7 nitrogen and oxygen atoms in total. The third kappa shape index (κ3) is 3.21. The first-order valence-electron chi connectivity index (χ1n) is 6.49. The fourth-order valence-corrected chi connectivity index (χ4v) is 1.80. The molecular formula is C14H14N6O. The lowest BCUT2D eigenvalue weighted by molar-refractivity contribution is 0.328. The SMILES string of the molecule is NCCOc1ccc2nnc(Nc3cccnc3)nc2c1. The molecule has 0 bridgehead atoms. The second kappa shape index (κ2) is 6.10. The van der Waals surface area contributed by atoms with Crippen molar-refractivity contribution >= 4 is 22.7 Å². The van der Waals surface area contributed by atoms with Gasteiger partial charge in [-0.15, -0.1) is 10.2 Å². The maximum Gasteiger partial charge on any atom is 0.247 e. The largest absolute Gasteiger partial charge is 0.492 e. The van der Waals surface area contributed by atoms with Crippen molar-refractivity contribution in [3.8, 4) is 5.75 Å². The minimum atomic E-state index is 0.409. The van der Waals surface area contributed by atoms with E-state index in [1.807, 2.05) is 30.3 Å². The number of nitrogens with two attached hydrogens (primary N) is 1. The van der Waals surface area contributed by atoms with Gasteiger partial charge in [0.15, 0.2) is 0 Å². The number of hydrogen-bond acceptors (Lipinski definition) is 7. The second-order valence-corrected chi connectivity index (χ2v) is 4.29. The zero-order valence-corrected chi connectivity index (χ0v) is 11.2. The number of hydrogen-bond donors (Lipinski definition) is 2. The van der Waals surface area contributed by atoms with Gasteiger partial charge in [-0.3, -0.25) is 4.98 Å². The number of nitrogens with one attached hydrogen (secondary N) is 1. The summed E-state index contributed by atoms with van der Waals surface area (Å²) in [6.07, 6.45) is 3.39. The summed E-state index contributed by atoms with van der Waals surface area (Å²) < 4.78 is 5.48. The summed E-state index contributed by atoms with van der Waals surface area (Å²) in [5, 5.41) is 11.2. The summed E-state index contributed by atoms with van der Waals surface area (Å²) in [6, 6.07) is 9.16. The van der Waals surface area contributed by atoms with Crippen molar-refractivity contribution < 1.29 is 4.74 Å². The molecule has 0 aliphatic heterocycles. The molecule has 1 aromatic carbocycles. The lowest BCUT2D eigenvalue weighted by atomic mass is 10.3. The lowest BCUT2D eigenvalue weighted by Gasteiger charge is -2.06. The number of fused-ring (bicyclic) bond motifs is 1. The van der Waals surface area contributed by atoms with Gasteiger partial charge in [-0.1, -0.05) is 0 Å². The van der Waals surface area contributed by atoms with Crippen LogP contribution in [-0.2, 0) is 0 Å². The summed E-state index contributed by atoms with van der Waals surface area (Å²) in [7, 11) is 0. The summed E-state index contributed by atoms with van der Waals surface area (Å²) in [4.78, 5) is 8.44. The highest BCUT2D eigenvalue weighted by Crippen LogP contribution is 2.19. The Hall–Kier alpha value is -2.80. The molecule has 7 heteroatoms. The predicted octanol–water partition coefficient (Wildman–Crippen LogP) is 1.50. The minimum absolute atomic E-state index is 0.409. The Kier molecular flexibility index (Phi) is 3.83. The maximum absolute atomic E-state index is 5.48. The molecule has 0 fully saturated rings. The Morgan fingerprint density at radius 3 is 2.90 bits per heavy atom. The van der Waals surface area contributed by atoms with Crippen molar-refractivity contribution in [2.24, 2.45) is 5.73 Å². The monoisotopic (exact) mass is 282 g/mol. The van der Waals surface area contributed by atoms with Gasteiger partial charge in [-0.25, -0.2) is 4.98 Å². The highest BCUT2D eigenvalue weighted by molar-refractivity contribution is 5.76. The average Bonchev–Trinajstić information content (AvgIpc) is 2.53. The molecule has 0 spiro atoms. The summed E-state index contributed by atoms with van der Waals surface area (Å²) in [5.74, 6) is 1.12. The van der Waals surface area contributed by atoms with Crippen LogP contribution >= 0.6 is 0 Å². The quantitative estimate of drug-likeness (QED) is 0.731. The molecule has 3 aromatic rings. The van der Waals surface area contributed by atoms with Crippen LogP contribution in [0.5, 0.6) is 5.75 Å². The van der Waals surface area contributed by atoms with Gasteiger partial charge < -0.3 is 15.8 Å². The van der Waals surface area contributed by atoms with Crippen LogP contribution < -0.4 is 15.8 Å². The molecule has 0 aliphatic carbocycles. The highest BCUT2D eigenvalue weighted by atomic mass is 16.5. The van der Waals surface area contributed by atoms with Gasteiger partial charge in [0, 0.05) is 18.8 Å². The van der Waals surface area contributed by atoms with Crippen LogP contribution in [0.4, 0.5) is 11.6 Å². The van der Waals surface area contributed by atoms with Gasteiger partial charge in [0.2, 0.25) is 5.95 Å². The van der Waals surface area contributed by atoms with E-state index in [4.69, 9.17) is 10.5 Å². The van der Waals surface area contributed by atoms with E-state index in [-0.39, 0.29) is 0 Å². The highest BCUT2D eigenvalue weighted by Gasteiger charge is 2.04. The molecule has 2 heterocycles. The number of aromatic nitrogens is 4. The Balaban J connectivity index is 1.87. The van der Waals surface area contributed by atoms with Crippen LogP contribution in [0.2, 0.25) is 0 Å². The molecule has 0 radical (unpaired) electrons. The second-order valence-electron chi connectivity index (χ2n) is 4.29. The van der Waals surface area contributed by atoms with Crippen LogP contribution in [0, 0.1) is 0 Å². The zero-order chi connectivity index (χ0) is 14.5. The van der Waals surface area contributed by atoms with Crippen LogP contribution in [0.25, 0.3) is 11.0 Å². The van der Waals surface area contributed by atoms with Gasteiger partial charge in [0.1, 0.15) is 17.9 Å². The van der Waals surface area contributed by atoms with Crippen molar-refractivity contribution in [2.45, 2.75) is 0 Å².